The summed E-state index contributed by atoms with van der Waals surface area (Å²) in [7, 11) is 0. The fraction of sp³-hybridized carbons (Fsp3) is 0.300. The van der Waals surface area contributed by atoms with Crippen molar-refractivity contribution in [1.29, 1.82) is 0 Å². The number of nitrogens with two attached hydrogens (primary N) is 1. The topological polar surface area (TPSA) is 80.9 Å². The van der Waals surface area contributed by atoms with Gasteiger partial charge in [0.15, 0.2) is 0 Å². The van der Waals surface area contributed by atoms with Gasteiger partial charge in [-0.2, -0.15) is 8.75 Å². The molecular weight excluding hydrogens is 295 g/mol. The zero-order valence-corrected chi connectivity index (χ0v) is 11.7. The summed E-state index contributed by atoms with van der Waals surface area (Å²) >= 11 is 13.0. The molecule has 0 saturated heterocycles. The Morgan fingerprint density at radius 2 is 2.11 bits per heavy atom. The number of carbonyl (C=O) groups excluding carboxylic acids is 1. The first-order valence-corrected chi connectivity index (χ1v) is 6.63. The highest BCUT2D eigenvalue weighted by Gasteiger charge is 2.16. The molecule has 0 bridgehead atoms. The Hall–Kier alpha value is -0.950. The van der Waals surface area contributed by atoms with Gasteiger partial charge in [-0.05, 0) is 13.0 Å². The van der Waals surface area contributed by atoms with Crippen molar-refractivity contribution in [2.45, 2.75) is 19.4 Å². The summed E-state index contributed by atoms with van der Waals surface area (Å²) in [5, 5.41) is 3.44. The molecule has 1 unspecified atom stereocenters. The SMILES string of the molecule is CC(N)CC(=O)Nc1c(Cl)cc(Cl)c2nsnc12. The number of hydrogen-bond acceptors (Lipinski definition) is 5. The largest absolute Gasteiger partial charge is 0.327 e. The van der Waals surface area contributed by atoms with Crippen molar-refractivity contribution in [2.24, 2.45) is 5.73 Å². The summed E-state index contributed by atoms with van der Waals surface area (Å²) in [5.74, 6) is -0.219. The average Bonchev–Trinajstić information content (AvgIpc) is 2.72. The van der Waals surface area contributed by atoms with Gasteiger partial charge < -0.3 is 11.1 Å². The van der Waals surface area contributed by atoms with Crippen LogP contribution in [0, 0.1) is 0 Å². The van der Waals surface area contributed by atoms with E-state index in [1.807, 2.05) is 0 Å². The van der Waals surface area contributed by atoms with Gasteiger partial charge in [0.1, 0.15) is 11.0 Å². The van der Waals surface area contributed by atoms with E-state index in [9.17, 15) is 4.79 Å². The molecule has 1 amide bonds. The third kappa shape index (κ3) is 2.72. The van der Waals surface area contributed by atoms with Crippen molar-refractivity contribution < 1.29 is 4.79 Å². The molecule has 2 aromatic rings. The predicted octanol–water partition coefficient (Wildman–Crippen LogP) is 2.67. The first-order chi connectivity index (χ1) is 8.49. The van der Waals surface area contributed by atoms with Gasteiger partial charge in [0, 0.05) is 12.5 Å². The van der Waals surface area contributed by atoms with E-state index in [1.54, 1.807) is 6.92 Å². The molecule has 3 N–H and O–H groups in total. The lowest BCUT2D eigenvalue weighted by Crippen LogP contribution is -2.24. The Morgan fingerprint density at radius 3 is 2.78 bits per heavy atom. The number of hydrogen-bond donors (Lipinski definition) is 2. The number of nitrogens with zero attached hydrogens (tertiary/aromatic N) is 2. The van der Waals surface area contributed by atoms with Crippen LogP contribution < -0.4 is 11.1 Å². The van der Waals surface area contributed by atoms with Crippen LogP contribution in [0.5, 0.6) is 0 Å². The highest BCUT2D eigenvalue weighted by molar-refractivity contribution is 7.00. The Morgan fingerprint density at radius 1 is 1.44 bits per heavy atom. The fourth-order valence-electron chi connectivity index (χ4n) is 1.48. The van der Waals surface area contributed by atoms with Gasteiger partial charge in [-0.3, -0.25) is 4.79 Å². The molecule has 1 heterocycles. The number of rotatable bonds is 3. The van der Waals surface area contributed by atoms with Gasteiger partial charge in [-0.1, -0.05) is 23.2 Å². The van der Waals surface area contributed by atoms with Crippen molar-refractivity contribution in [1.82, 2.24) is 8.75 Å². The lowest BCUT2D eigenvalue weighted by molar-refractivity contribution is -0.116. The van der Waals surface area contributed by atoms with E-state index in [-0.39, 0.29) is 18.4 Å². The highest BCUT2D eigenvalue weighted by atomic mass is 35.5. The van der Waals surface area contributed by atoms with Crippen LogP contribution in [-0.4, -0.2) is 20.7 Å². The zero-order chi connectivity index (χ0) is 13.3. The Labute approximate surface area is 118 Å². The van der Waals surface area contributed by atoms with E-state index in [4.69, 9.17) is 28.9 Å². The molecule has 18 heavy (non-hydrogen) atoms. The molecule has 0 aliphatic heterocycles. The minimum atomic E-state index is -0.222. The lowest BCUT2D eigenvalue weighted by atomic mass is 10.2. The van der Waals surface area contributed by atoms with Crippen LogP contribution in [0.3, 0.4) is 0 Å². The summed E-state index contributed by atoms with van der Waals surface area (Å²) in [6.07, 6.45) is 0.206. The van der Waals surface area contributed by atoms with Crippen molar-refractivity contribution >= 4 is 57.6 Å². The van der Waals surface area contributed by atoms with Gasteiger partial charge >= 0.3 is 0 Å². The Bertz CT molecular complexity index is 599. The van der Waals surface area contributed by atoms with E-state index in [0.717, 1.165) is 11.7 Å². The molecule has 0 fully saturated rings. The molecule has 5 nitrogen and oxygen atoms in total. The fourth-order valence-corrected chi connectivity index (χ4v) is 2.64. The van der Waals surface area contributed by atoms with Crippen LogP contribution in [0.25, 0.3) is 11.0 Å². The van der Waals surface area contributed by atoms with E-state index in [2.05, 4.69) is 14.1 Å². The number of nitrogens with one attached hydrogen (secondary N) is 1. The Kier molecular flexibility index (Phi) is 4.01. The summed E-state index contributed by atoms with van der Waals surface area (Å²) < 4.78 is 8.14. The second-order valence-corrected chi connectivity index (χ2v) is 5.25. The number of anilines is 1. The zero-order valence-electron chi connectivity index (χ0n) is 9.41. The summed E-state index contributed by atoms with van der Waals surface area (Å²) in [5.41, 5.74) is 7.01. The number of halogens is 2. The second-order valence-electron chi connectivity index (χ2n) is 3.91. The standard InChI is InChI=1S/C10H10Cl2N4OS/c1-4(13)2-7(17)14-8-5(11)3-6(12)9-10(8)16-18-15-9/h3-4H,2,13H2,1H3,(H,14,17). The quantitative estimate of drug-likeness (QED) is 0.913. The monoisotopic (exact) mass is 304 g/mol. The minimum Gasteiger partial charge on any atom is -0.327 e. The molecular formula is C10H10Cl2N4OS. The number of aromatic nitrogens is 2. The molecule has 1 aromatic heterocycles. The van der Waals surface area contributed by atoms with Gasteiger partial charge in [0.2, 0.25) is 5.91 Å². The number of amides is 1. The summed E-state index contributed by atoms with van der Waals surface area (Å²) in [6, 6.07) is 1.31. The summed E-state index contributed by atoms with van der Waals surface area (Å²) in [6.45, 7) is 1.75. The normalized spacial score (nSPS) is 12.7. The first kappa shape index (κ1) is 13.5. The maximum Gasteiger partial charge on any atom is 0.226 e. The highest BCUT2D eigenvalue weighted by Crippen LogP contribution is 2.35. The molecule has 2 rings (SSSR count). The van der Waals surface area contributed by atoms with E-state index < -0.39 is 0 Å². The number of fused-ring (bicyclic) bond motifs is 1. The van der Waals surface area contributed by atoms with Crippen LogP contribution in [0.4, 0.5) is 5.69 Å². The minimum absolute atomic E-state index is 0.206. The predicted molar refractivity (Wildman–Crippen MR) is 74.3 cm³/mol. The van der Waals surface area contributed by atoms with E-state index >= 15 is 0 Å². The molecule has 0 spiro atoms. The summed E-state index contributed by atoms with van der Waals surface area (Å²) in [4.78, 5) is 11.7. The smallest absolute Gasteiger partial charge is 0.226 e. The first-order valence-electron chi connectivity index (χ1n) is 5.14. The van der Waals surface area contributed by atoms with Crippen molar-refractivity contribution in [2.75, 3.05) is 5.32 Å². The van der Waals surface area contributed by atoms with Crippen molar-refractivity contribution in [3.63, 3.8) is 0 Å². The van der Waals surface area contributed by atoms with E-state index in [0.29, 0.717) is 26.8 Å². The Balaban J connectivity index is 2.38. The second kappa shape index (κ2) is 5.36. The third-order valence-electron chi connectivity index (χ3n) is 2.22. The van der Waals surface area contributed by atoms with Crippen LogP contribution in [-0.2, 0) is 4.79 Å². The van der Waals surface area contributed by atoms with Crippen LogP contribution in [0.1, 0.15) is 13.3 Å². The van der Waals surface area contributed by atoms with Crippen LogP contribution >= 0.6 is 34.9 Å². The van der Waals surface area contributed by atoms with E-state index in [1.165, 1.54) is 6.07 Å². The number of benzene rings is 1. The maximum absolute atomic E-state index is 11.7. The lowest BCUT2D eigenvalue weighted by Gasteiger charge is -2.09. The molecule has 0 saturated carbocycles. The molecule has 0 aliphatic rings. The molecule has 8 heteroatoms. The van der Waals surface area contributed by atoms with Gasteiger partial charge in [0.05, 0.1) is 27.5 Å². The molecule has 1 atom stereocenters. The van der Waals surface area contributed by atoms with Crippen molar-refractivity contribution in [3.8, 4) is 0 Å². The average molecular weight is 305 g/mol. The molecule has 0 radical (unpaired) electrons. The third-order valence-corrected chi connectivity index (χ3v) is 3.33. The number of carbonyl (C=O) groups is 1. The van der Waals surface area contributed by atoms with Crippen LogP contribution in [0.2, 0.25) is 10.0 Å². The maximum atomic E-state index is 11.7. The van der Waals surface area contributed by atoms with Gasteiger partial charge in [0.25, 0.3) is 0 Å². The van der Waals surface area contributed by atoms with Gasteiger partial charge in [-0.15, -0.1) is 0 Å². The molecule has 96 valence electrons. The molecule has 1 aromatic carbocycles. The van der Waals surface area contributed by atoms with Gasteiger partial charge in [-0.25, -0.2) is 0 Å². The molecule has 0 aliphatic carbocycles. The van der Waals surface area contributed by atoms with Crippen LogP contribution in [0.15, 0.2) is 6.07 Å². The van der Waals surface area contributed by atoms with Crippen molar-refractivity contribution in [3.05, 3.63) is 16.1 Å².